The molecule has 3 rings (SSSR count). The van der Waals surface area contributed by atoms with Crippen LogP contribution in [0.5, 0.6) is 0 Å². The van der Waals surface area contributed by atoms with Gasteiger partial charge in [-0.15, -0.1) is 0 Å². The number of alkyl halides is 3. The van der Waals surface area contributed by atoms with Gasteiger partial charge in [0.1, 0.15) is 0 Å². The summed E-state index contributed by atoms with van der Waals surface area (Å²) < 4.78 is 37.0. The fourth-order valence-corrected chi connectivity index (χ4v) is 2.64. The molecule has 128 valence electrons. The van der Waals surface area contributed by atoms with Gasteiger partial charge in [0.25, 0.3) is 0 Å². The molecule has 0 radical (unpaired) electrons. The number of pyridine rings is 1. The van der Waals surface area contributed by atoms with Crippen LogP contribution >= 0.6 is 0 Å². The van der Waals surface area contributed by atoms with Gasteiger partial charge in [-0.25, -0.2) is 4.79 Å². The average molecular weight is 332 g/mol. The van der Waals surface area contributed by atoms with Crippen molar-refractivity contribution in [3.05, 3.63) is 29.6 Å². The molecular weight excluding hydrogens is 313 g/mol. The first-order valence-electron chi connectivity index (χ1n) is 7.43. The van der Waals surface area contributed by atoms with Gasteiger partial charge in [-0.1, -0.05) is 6.07 Å². The van der Waals surface area contributed by atoms with E-state index in [4.69, 9.17) is 14.6 Å². The Hall–Kier alpha value is -1.67. The van der Waals surface area contributed by atoms with Crippen LogP contribution in [0.1, 0.15) is 35.9 Å². The second-order valence-electron chi connectivity index (χ2n) is 5.54. The molecule has 2 aliphatic rings. The van der Waals surface area contributed by atoms with Crippen LogP contribution in [0.25, 0.3) is 0 Å². The lowest BCUT2D eigenvalue weighted by Gasteiger charge is -2.31. The summed E-state index contributed by atoms with van der Waals surface area (Å²) in [5.41, 5.74) is 2.76. The summed E-state index contributed by atoms with van der Waals surface area (Å²) in [5.74, 6) is -1.51. The Labute approximate surface area is 131 Å². The highest BCUT2D eigenvalue weighted by molar-refractivity contribution is 5.73. The number of carboxylic acid groups (broad SMARTS) is 1. The number of aliphatic carboxylic acids is 1. The number of hydrogen-bond donors (Lipinski definition) is 2. The molecule has 3 heterocycles. The molecule has 0 unspecified atom stereocenters. The van der Waals surface area contributed by atoms with E-state index in [9.17, 15) is 13.2 Å². The number of piperidine rings is 1. The van der Waals surface area contributed by atoms with Crippen LogP contribution in [0.4, 0.5) is 13.2 Å². The summed E-state index contributed by atoms with van der Waals surface area (Å²) in [4.78, 5) is 13.5. The number of aromatic nitrogens is 1. The van der Waals surface area contributed by atoms with Crippen LogP contribution in [0.2, 0.25) is 0 Å². The Morgan fingerprint density at radius 2 is 1.87 bits per heavy atom. The number of ether oxygens (including phenoxy) is 1. The summed E-state index contributed by atoms with van der Waals surface area (Å²) in [7, 11) is 0. The summed E-state index contributed by atoms with van der Waals surface area (Å²) >= 11 is 0. The minimum absolute atomic E-state index is 0.547. The lowest BCUT2D eigenvalue weighted by atomic mass is 9.85. The summed E-state index contributed by atoms with van der Waals surface area (Å²) in [6.45, 7) is 3.99. The van der Waals surface area contributed by atoms with Gasteiger partial charge in [0, 0.05) is 12.1 Å². The van der Waals surface area contributed by atoms with E-state index in [0.29, 0.717) is 11.8 Å². The fraction of sp³-hybridized carbons (Fsp3) is 0.600. The lowest BCUT2D eigenvalue weighted by molar-refractivity contribution is -0.192. The first-order valence-corrected chi connectivity index (χ1v) is 7.43. The molecule has 0 atom stereocenters. The van der Waals surface area contributed by atoms with Gasteiger partial charge < -0.3 is 15.2 Å². The largest absolute Gasteiger partial charge is 0.490 e. The normalized spacial score (nSPS) is 19.4. The molecule has 1 aromatic heterocycles. The van der Waals surface area contributed by atoms with Crippen LogP contribution < -0.4 is 5.32 Å². The van der Waals surface area contributed by atoms with E-state index in [1.54, 1.807) is 0 Å². The lowest BCUT2D eigenvalue weighted by Crippen LogP contribution is -2.30. The standard InChI is InChI=1S/C13H18N2O.C2HF3O2/c1-2-12(10-3-6-14-7-4-10)13(15-5-1)11-8-16-9-11;3-2(4,5)1(6)7/h1-2,5,10-11,14H,3-4,6-9H2;(H,6,7). The third-order valence-electron chi connectivity index (χ3n) is 3.92. The molecule has 0 spiro atoms. The van der Waals surface area contributed by atoms with E-state index in [-0.39, 0.29) is 0 Å². The smallest absolute Gasteiger partial charge is 0.475 e. The third kappa shape index (κ3) is 4.90. The maximum atomic E-state index is 10.6. The van der Waals surface area contributed by atoms with E-state index < -0.39 is 12.1 Å². The van der Waals surface area contributed by atoms with Crippen molar-refractivity contribution < 1.29 is 27.8 Å². The SMILES string of the molecule is O=C(O)C(F)(F)F.c1cnc(C2COC2)c(C2CCNCC2)c1. The predicted octanol–water partition coefficient (Wildman–Crippen LogP) is 2.30. The number of nitrogens with zero attached hydrogens (tertiary/aromatic N) is 1. The minimum Gasteiger partial charge on any atom is -0.475 e. The van der Waals surface area contributed by atoms with Crippen molar-refractivity contribution in [1.29, 1.82) is 0 Å². The highest BCUT2D eigenvalue weighted by atomic mass is 19.4. The summed E-state index contributed by atoms with van der Waals surface area (Å²) in [5, 5.41) is 10.5. The quantitative estimate of drug-likeness (QED) is 0.869. The van der Waals surface area contributed by atoms with Crippen LogP contribution in [-0.2, 0) is 9.53 Å². The van der Waals surface area contributed by atoms with Crippen LogP contribution in [0.3, 0.4) is 0 Å². The van der Waals surface area contributed by atoms with Gasteiger partial charge >= 0.3 is 12.1 Å². The van der Waals surface area contributed by atoms with Gasteiger partial charge in [-0.05, 0) is 43.5 Å². The zero-order chi connectivity index (χ0) is 16.9. The molecule has 0 amide bonds. The van der Waals surface area contributed by atoms with Crippen molar-refractivity contribution in [2.75, 3.05) is 26.3 Å². The van der Waals surface area contributed by atoms with E-state index in [2.05, 4.69) is 22.4 Å². The van der Waals surface area contributed by atoms with Crippen molar-refractivity contribution in [3.8, 4) is 0 Å². The van der Waals surface area contributed by atoms with Gasteiger partial charge in [0.2, 0.25) is 0 Å². The Morgan fingerprint density at radius 1 is 1.26 bits per heavy atom. The Morgan fingerprint density at radius 3 is 2.35 bits per heavy atom. The Balaban J connectivity index is 0.000000236. The van der Waals surface area contributed by atoms with Crippen molar-refractivity contribution in [2.24, 2.45) is 0 Å². The second-order valence-corrected chi connectivity index (χ2v) is 5.54. The van der Waals surface area contributed by atoms with E-state index in [1.165, 1.54) is 24.1 Å². The van der Waals surface area contributed by atoms with Gasteiger partial charge in [0.15, 0.2) is 0 Å². The highest BCUT2D eigenvalue weighted by Gasteiger charge is 2.38. The van der Waals surface area contributed by atoms with Crippen LogP contribution in [0, 0.1) is 0 Å². The fourth-order valence-electron chi connectivity index (χ4n) is 2.64. The second kappa shape index (κ2) is 7.74. The average Bonchev–Trinajstić information content (AvgIpc) is 2.47. The van der Waals surface area contributed by atoms with Crippen LogP contribution in [0.15, 0.2) is 18.3 Å². The molecule has 0 saturated carbocycles. The molecule has 2 aliphatic heterocycles. The molecule has 0 aliphatic carbocycles. The number of halogens is 3. The van der Waals surface area contributed by atoms with E-state index in [1.807, 2.05) is 6.20 Å². The molecule has 1 aromatic rings. The molecule has 23 heavy (non-hydrogen) atoms. The first-order chi connectivity index (χ1) is 10.9. The summed E-state index contributed by atoms with van der Waals surface area (Å²) in [6.07, 6.45) is -0.684. The number of carboxylic acids is 1. The van der Waals surface area contributed by atoms with Gasteiger partial charge in [-0.3, -0.25) is 4.98 Å². The van der Waals surface area contributed by atoms with Crippen LogP contribution in [-0.4, -0.2) is 48.5 Å². The topological polar surface area (TPSA) is 71.5 Å². The van der Waals surface area contributed by atoms with E-state index in [0.717, 1.165) is 26.3 Å². The third-order valence-corrected chi connectivity index (χ3v) is 3.92. The van der Waals surface area contributed by atoms with Crippen molar-refractivity contribution >= 4 is 5.97 Å². The first kappa shape index (κ1) is 17.7. The highest BCUT2D eigenvalue weighted by Crippen LogP contribution is 2.33. The molecule has 2 saturated heterocycles. The maximum absolute atomic E-state index is 10.6. The van der Waals surface area contributed by atoms with Crippen molar-refractivity contribution in [3.63, 3.8) is 0 Å². The zero-order valence-corrected chi connectivity index (χ0v) is 12.5. The maximum Gasteiger partial charge on any atom is 0.490 e. The molecule has 5 nitrogen and oxygen atoms in total. The molecular formula is C15H19F3N2O3. The molecule has 2 fully saturated rings. The van der Waals surface area contributed by atoms with Gasteiger partial charge in [0.05, 0.1) is 18.9 Å². The Bertz CT molecular complexity index is 527. The number of hydrogen-bond acceptors (Lipinski definition) is 4. The minimum atomic E-state index is -5.08. The number of nitrogens with one attached hydrogen (secondary N) is 1. The van der Waals surface area contributed by atoms with E-state index >= 15 is 0 Å². The monoisotopic (exact) mass is 332 g/mol. The number of carbonyl (C=O) groups is 1. The Kier molecular flexibility index (Phi) is 5.95. The number of rotatable bonds is 2. The molecule has 8 heteroatoms. The van der Waals surface area contributed by atoms with Gasteiger partial charge in [-0.2, -0.15) is 13.2 Å². The molecule has 0 bridgehead atoms. The summed E-state index contributed by atoms with van der Waals surface area (Å²) in [6, 6.07) is 4.33. The molecule has 0 aromatic carbocycles. The molecule has 2 N–H and O–H groups in total. The zero-order valence-electron chi connectivity index (χ0n) is 12.5. The predicted molar refractivity (Wildman–Crippen MR) is 76.3 cm³/mol. The van der Waals surface area contributed by atoms with Crippen molar-refractivity contribution in [1.82, 2.24) is 10.3 Å². The van der Waals surface area contributed by atoms with Crippen molar-refractivity contribution in [2.45, 2.75) is 30.9 Å².